The molecule has 0 saturated heterocycles. The first-order valence-corrected chi connectivity index (χ1v) is 9.95. The Balaban J connectivity index is 1.57. The molecule has 0 atom stereocenters. The Hall–Kier alpha value is -3.73. The monoisotopic (exact) mass is 397 g/mol. The van der Waals surface area contributed by atoms with Gasteiger partial charge in [0.15, 0.2) is 0 Å². The van der Waals surface area contributed by atoms with Gasteiger partial charge in [0.2, 0.25) is 11.8 Å². The molecule has 0 aliphatic heterocycles. The van der Waals surface area contributed by atoms with Gasteiger partial charge in [0, 0.05) is 28.9 Å². The Morgan fingerprint density at radius 2 is 1.57 bits per heavy atom. The summed E-state index contributed by atoms with van der Waals surface area (Å²) in [6.45, 7) is 6.60. The summed E-state index contributed by atoms with van der Waals surface area (Å²) in [5.74, 6) is 0.867. The van der Waals surface area contributed by atoms with Gasteiger partial charge in [0.1, 0.15) is 0 Å². The van der Waals surface area contributed by atoms with Gasteiger partial charge < -0.3 is 9.32 Å². The first-order valence-electron chi connectivity index (χ1n) is 9.95. The Kier molecular flexibility index (Phi) is 5.44. The molecule has 1 amide bonds. The first-order chi connectivity index (χ1) is 14.6. The van der Waals surface area contributed by atoms with Crippen molar-refractivity contribution in [3.05, 3.63) is 89.5 Å². The fourth-order valence-electron chi connectivity index (χ4n) is 3.44. The highest BCUT2D eigenvalue weighted by molar-refractivity contribution is 6.06. The Morgan fingerprint density at radius 3 is 2.23 bits per heavy atom. The number of benzene rings is 3. The smallest absolute Gasteiger partial charge is 0.258 e. The van der Waals surface area contributed by atoms with Crippen LogP contribution in [0.1, 0.15) is 28.4 Å². The second-order valence-electron chi connectivity index (χ2n) is 7.20. The van der Waals surface area contributed by atoms with E-state index in [9.17, 15) is 4.79 Å². The van der Waals surface area contributed by atoms with Crippen molar-refractivity contribution in [1.82, 2.24) is 10.2 Å². The van der Waals surface area contributed by atoms with Crippen LogP contribution in [0, 0.1) is 13.8 Å². The van der Waals surface area contributed by atoms with E-state index in [1.54, 1.807) is 17.0 Å². The second kappa shape index (κ2) is 8.33. The van der Waals surface area contributed by atoms with Crippen LogP contribution in [0.3, 0.4) is 0 Å². The predicted octanol–water partition coefficient (Wildman–Crippen LogP) is 5.69. The number of para-hydroxylation sites is 1. The van der Waals surface area contributed by atoms with Crippen LogP contribution in [-0.2, 0) is 0 Å². The fraction of sp³-hybridized carbons (Fsp3) is 0.160. The van der Waals surface area contributed by atoms with Crippen molar-refractivity contribution in [3.8, 4) is 22.9 Å². The lowest BCUT2D eigenvalue weighted by molar-refractivity contribution is 0.0988. The Labute approximate surface area is 176 Å². The molecule has 0 spiro atoms. The summed E-state index contributed by atoms with van der Waals surface area (Å²) in [5, 5.41) is 8.33. The van der Waals surface area contributed by atoms with Crippen molar-refractivity contribution in [1.29, 1.82) is 0 Å². The van der Waals surface area contributed by atoms with E-state index in [4.69, 9.17) is 4.42 Å². The minimum absolute atomic E-state index is 0.0377. The number of amides is 1. The van der Waals surface area contributed by atoms with E-state index >= 15 is 0 Å². The molecule has 0 unspecified atom stereocenters. The molecule has 150 valence electrons. The lowest BCUT2D eigenvalue weighted by atomic mass is 10.1. The number of rotatable bonds is 5. The van der Waals surface area contributed by atoms with Gasteiger partial charge in [0.05, 0.1) is 0 Å². The molecular formula is C25H23N3O2. The van der Waals surface area contributed by atoms with Gasteiger partial charge in [-0.1, -0.05) is 35.9 Å². The van der Waals surface area contributed by atoms with Crippen LogP contribution in [-0.4, -0.2) is 22.6 Å². The molecule has 4 rings (SSSR count). The van der Waals surface area contributed by atoms with Crippen molar-refractivity contribution in [3.63, 3.8) is 0 Å². The second-order valence-corrected chi connectivity index (χ2v) is 7.20. The number of nitrogens with zero attached hydrogens (tertiary/aromatic N) is 3. The van der Waals surface area contributed by atoms with Crippen LogP contribution in [0.2, 0.25) is 0 Å². The molecule has 1 aromatic heterocycles. The molecule has 0 aliphatic rings. The standard InChI is InChI=1S/C25H23N3O2/c1-4-28(22-11-6-5-9-18(22)3)25(29)20-14-12-19(13-15-20)23-26-27-24(30-23)21-10-7-8-17(2)16-21/h5-16H,4H2,1-3H3. The average Bonchev–Trinajstić information content (AvgIpc) is 3.26. The highest BCUT2D eigenvalue weighted by Gasteiger charge is 2.18. The molecule has 1 heterocycles. The maximum Gasteiger partial charge on any atom is 0.258 e. The molecular weight excluding hydrogens is 374 g/mol. The SMILES string of the molecule is CCN(C(=O)c1ccc(-c2nnc(-c3cccc(C)c3)o2)cc1)c1ccccc1C. The molecule has 30 heavy (non-hydrogen) atoms. The van der Waals surface area contributed by atoms with Crippen molar-refractivity contribution in [2.24, 2.45) is 0 Å². The summed E-state index contributed by atoms with van der Waals surface area (Å²) in [6.07, 6.45) is 0. The van der Waals surface area contributed by atoms with Crippen molar-refractivity contribution in [2.45, 2.75) is 20.8 Å². The summed E-state index contributed by atoms with van der Waals surface area (Å²) in [7, 11) is 0. The third kappa shape index (κ3) is 3.87. The van der Waals surface area contributed by atoms with E-state index in [0.29, 0.717) is 23.9 Å². The Bertz CT molecular complexity index is 1180. The molecule has 0 N–H and O–H groups in total. The number of hydrogen-bond acceptors (Lipinski definition) is 4. The van der Waals surface area contributed by atoms with Crippen molar-refractivity contribution in [2.75, 3.05) is 11.4 Å². The predicted molar refractivity (Wildman–Crippen MR) is 118 cm³/mol. The lowest BCUT2D eigenvalue weighted by Gasteiger charge is -2.23. The van der Waals surface area contributed by atoms with E-state index < -0.39 is 0 Å². The number of carbonyl (C=O) groups is 1. The zero-order valence-electron chi connectivity index (χ0n) is 17.3. The van der Waals surface area contributed by atoms with Crippen LogP contribution in [0.4, 0.5) is 5.69 Å². The molecule has 0 radical (unpaired) electrons. The van der Waals surface area contributed by atoms with Gasteiger partial charge >= 0.3 is 0 Å². The molecule has 0 bridgehead atoms. The van der Waals surface area contributed by atoms with E-state index in [1.807, 2.05) is 81.4 Å². The van der Waals surface area contributed by atoms with E-state index in [0.717, 1.165) is 27.9 Å². The van der Waals surface area contributed by atoms with Gasteiger partial charge in [-0.05, 0) is 68.8 Å². The molecule has 5 heteroatoms. The number of carbonyl (C=O) groups excluding carboxylic acids is 1. The van der Waals surface area contributed by atoms with Crippen molar-refractivity contribution >= 4 is 11.6 Å². The van der Waals surface area contributed by atoms with Crippen LogP contribution < -0.4 is 4.90 Å². The molecule has 4 aromatic rings. The van der Waals surface area contributed by atoms with Crippen molar-refractivity contribution < 1.29 is 9.21 Å². The van der Waals surface area contributed by atoms with Crippen LogP contribution >= 0.6 is 0 Å². The summed E-state index contributed by atoms with van der Waals surface area (Å²) >= 11 is 0. The molecule has 5 nitrogen and oxygen atoms in total. The van der Waals surface area contributed by atoms with E-state index in [1.165, 1.54) is 0 Å². The normalized spacial score (nSPS) is 10.8. The largest absolute Gasteiger partial charge is 0.416 e. The third-order valence-electron chi connectivity index (χ3n) is 5.04. The maximum atomic E-state index is 13.1. The quantitative estimate of drug-likeness (QED) is 0.434. The molecule has 0 fully saturated rings. The number of anilines is 1. The van der Waals surface area contributed by atoms with E-state index in [-0.39, 0.29) is 5.91 Å². The summed E-state index contributed by atoms with van der Waals surface area (Å²) < 4.78 is 5.85. The van der Waals surface area contributed by atoms with Gasteiger partial charge in [0.25, 0.3) is 5.91 Å². The minimum atomic E-state index is -0.0377. The maximum absolute atomic E-state index is 13.1. The van der Waals surface area contributed by atoms with Crippen LogP contribution in [0.5, 0.6) is 0 Å². The lowest BCUT2D eigenvalue weighted by Crippen LogP contribution is -2.31. The highest BCUT2D eigenvalue weighted by atomic mass is 16.4. The fourth-order valence-corrected chi connectivity index (χ4v) is 3.44. The first kappa shape index (κ1) is 19.6. The number of hydrogen-bond donors (Lipinski definition) is 0. The van der Waals surface area contributed by atoms with Gasteiger partial charge in [-0.15, -0.1) is 10.2 Å². The van der Waals surface area contributed by atoms with Gasteiger partial charge in [-0.3, -0.25) is 4.79 Å². The third-order valence-corrected chi connectivity index (χ3v) is 5.04. The van der Waals surface area contributed by atoms with Crippen LogP contribution in [0.15, 0.2) is 77.2 Å². The highest BCUT2D eigenvalue weighted by Crippen LogP contribution is 2.26. The summed E-state index contributed by atoms with van der Waals surface area (Å²) in [5.41, 5.74) is 5.40. The number of aromatic nitrogens is 2. The van der Waals surface area contributed by atoms with Crippen LogP contribution in [0.25, 0.3) is 22.9 Å². The average molecular weight is 397 g/mol. The molecule has 0 aliphatic carbocycles. The van der Waals surface area contributed by atoms with Gasteiger partial charge in [-0.2, -0.15) is 0 Å². The number of aryl methyl sites for hydroxylation is 2. The molecule has 3 aromatic carbocycles. The zero-order chi connectivity index (χ0) is 21.1. The topological polar surface area (TPSA) is 59.2 Å². The summed E-state index contributed by atoms with van der Waals surface area (Å²) in [4.78, 5) is 14.9. The molecule has 0 saturated carbocycles. The van der Waals surface area contributed by atoms with E-state index in [2.05, 4.69) is 10.2 Å². The zero-order valence-corrected chi connectivity index (χ0v) is 17.3. The van der Waals surface area contributed by atoms with Gasteiger partial charge in [-0.25, -0.2) is 0 Å². The summed E-state index contributed by atoms with van der Waals surface area (Å²) in [6, 6.07) is 23.1. The Morgan fingerprint density at radius 1 is 0.867 bits per heavy atom. The minimum Gasteiger partial charge on any atom is -0.416 e.